The molecule has 0 aromatic rings. The zero-order chi connectivity index (χ0) is 8.36. The lowest BCUT2D eigenvalue weighted by Crippen LogP contribution is -1.96. The predicted molar refractivity (Wildman–Crippen MR) is 45.8 cm³/mol. The molecule has 0 amide bonds. The number of hydrogen-bond donors (Lipinski definition) is 1. The molecule has 0 unspecified atom stereocenters. The molecule has 2 nitrogen and oxygen atoms in total. The van der Waals surface area contributed by atoms with E-state index >= 15 is 0 Å². The van der Waals surface area contributed by atoms with E-state index in [0.717, 1.165) is 19.6 Å². The summed E-state index contributed by atoms with van der Waals surface area (Å²) >= 11 is 0. The van der Waals surface area contributed by atoms with Crippen molar-refractivity contribution in [2.75, 3.05) is 13.2 Å². The Kier molecular flexibility index (Phi) is 9.85. The Labute approximate surface area is 69.6 Å². The third-order valence-electron chi connectivity index (χ3n) is 1.53. The van der Waals surface area contributed by atoms with Gasteiger partial charge in [-0.2, -0.15) is 0 Å². The van der Waals surface area contributed by atoms with Crippen molar-refractivity contribution in [1.29, 1.82) is 0 Å². The second-order valence-electron chi connectivity index (χ2n) is 2.64. The van der Waals surface area contributed by atoms with Crippen LogP contribution in [0, 0.1) is 6.61 Å². The van der Waals surface area contributed by atoms with Gasteiger partial charge in [-0.3, -0.25) is 0 Å². The van der Waals surface area contributed by atoms with E-state index in [-0.39, 0.29) is 0 Å². The molecular weight excluding hydrogens is 140 g/mol. The second kappa shape index (κ2) is 9.92. The van der Waals surface area contributed by atoms with Crippen LogP contribution >= 0.6 is 0 Å². The fourth-order valence-electron chi connectivity index (χ4n) is 0.869. The molecule has 0 heterocycles. The summed E-state index contributed by atoms with van der Waals surface area (Å²) in [6, 6.07) is 0. The minimum atomic E-state index is 0.647. The van der Waals surface area contributed by atoms with Gasteiger partial charge in [0.15, 0.2) is 0 Å². The highest BCUT2D eigenvalue weighted by molar-refractivity contribution is 4.44. The highest BCUT2D eigenvalue weighted by Gasteiger charge is 1.88. The van der Waals surface area contributed by atoms with Gasteiger partial charge in [0, 0.05) is 13.2 Å². The van der Waals surface area contributed by atoms with Gasteiger partial charge in [-0.25, -0.2) is 0 Å². The van der Waals surface area contributed by atoms with Crippen LogP contribution < -0.4 is 0 Å². The van der Waals surface area contributed by atoms with E-state index in [9.17, 15) is 0 Å². The first-order valence-corrected chi connectivity index (χ1v) is 4.45. The SMILES string of the molecule is CCCCCCOCC[CH]O. The fraction of sp³-hybridized carbons (Fsp3) is 0.889. The van der Waals surface area contributed by atoms with Gasteiger partial charge in [0.05, 0.1) is 6.61 Å². The molecule has 1 N–H and O–H groups in total. The van der Waals surface area contributed by atoms with Gasteiger partial charge in [0.1, 0.15) is 0 Å². The maximum atomic E-state index is 8.30. The van der Waals surface area contributed by atoms with Gasteiger partial charge in [0.2, 0.25) is 0 Å². The lowest BCUT2D eigenvalue weighted by atomic mass is 10.2. The molecule has 0 saturated carbocycles. The van der Waals surface area contributed by atoms with Crippen molar-refractivity contribution in [2.24, 2.45) is 0 Å². The minimum Gasteiger partial charge on any atom is -0.390 e. The predicted octanol–water partition coefficient (Wildman–Crippen LogP) is 2.51. The largest absolute Gasteiger partial charge is 0.390 e. The summed E-state index contributed by atoms with van der Waals surface area (Å²) in [5, 5.41) is 8.30. The summed E-state index contributed by atoms with van der Waals surface area (Å²) in [4.78, 5) is 0. The Morgan fingerprint density at radius 3 is 2.64 bits per heavy atom. The van der Waals surface area contributed by atoms with Crippen molar-refractivity contribution < 1.29 is 9.84 Å². The number of ether oxygens (including phenoxy) is 1. The quantitative estimate of drug-likeness (QED) is 0.551. The molecule has 0 spiro atoms. The van der Waals surface area contributed by atoms with E-state index in [0.29, 0.717) is 13.0 Å². The molecule has 0 atom stereocenters. The molecule has 0 saturated heterocycles. The van der Waals surface area contributed by atoms with E-state index < -0.39 is 0 Å². The van der Waals surface area contributed by atoms with Gasteiger partial charge in [-0.05, 0) is 12.8 Å². The molecule has 0 rings (SSSR count). The first-order valence-electron chi connectivity index (χ1n) is 4.45. The van der Waals surface area contributed by atoms with Gasteiger partial charge in [0.25, 0.3) is 0 Å². The third kappa shape index (κ3) is 9.92. The van der Waals surface area contributed by atoms with Crippen LogP contribution in [-0.2, 0) is 4.74 Å². The average Bonchev–Trinajstić information content (AvgIpc) is 2.03. The zero-order valence-electron chi connectivity index (χ0n) is 7.38. The molecule has 0 fully saturated rings. The molecule has 0 bridgehead atoms. The maximum absolute atomic E-state index is 8.30. The average molecular weight is 159 g/mol. The Balaban J connectivity index is 2.69. The van der Waals surface area contributed by atoms with Crippen LogP contribution in [0.4, 0.5) is 0 Å². The molecular formula is C9H19O2. The molecule has 0 aliphatic heterocycles. The van der Waals surface area contributed by atoms with Crippen LogP contribution in [0.3, 0.4) is 0 Å². The van der Waals surface area contributed by atoms with E-state index in [4.69, 9.17) is 9.84 Å². The lowest BCUT2D eigenvalue weighted by Gasteiger charge is -2.01. The summed E-state index contributed by atoms with van der Waals surface area (Å²) in [7, 11) is 0. The molecule has 11 heavy (non-hydrogen) atoms. The molecule has 1 radical (unpaired) electrons. The summed E-state index contributed by atoms with van der Waals surface area (Å²) in [6.07, 6.45) is 5.63. The molecule has 67 valence electrons. The standard InChI is InChI=1S/C9H19O2/c1-2-3-4-5-8-11-9-6-7-10/h7,10H,2-6,8-9H2,1H3. The smallest absolute Gasteiger partial charge is 0.0821 e. The highest BCUT2D eigenvalue weighted by Crippen LogP contribution is 1.98. The lowest BCUT2D eigenvalue weighted by molar-refractivity contribution is 0.124. The normalized spacial score (nSPS) is 10.4. The molecule has 0 aromatic carbocycles. The summed E-state index contributed by atoms with van der Waals surface area (Å²) in [5.41, 5.74) is 0. The maximum Gasteiger partial charge on any atom is 0.0821 e. The Hall–Kier alpha value is -0.0800. The monoisotopic (exact) mass is 159 g/mol. The fourth-order valence-corrected chi connectivity index (χ4v) is 0.869. The molecule has 0 aliphatic carbocycles. The van der Waals surface area contributed by atoms with Crippen LogP contribution in [0.5, 0.6) is 0 Å². The van der Waals surface area contributed by atoms with Crippen molar-refractivity contribution in [3.8, 4) is 0 Å². The number of unbranched alkanes of at least 4 members (excludes halogenated alkanes) is 3. The van der Waals surface area contributed by atoms with Crippen molar-refractivity contribution in [3.63, 3.8) is 0 Å². The van der Waals surface area contributed by atoms with E-state index in [1.54, 1.807) is 0 Å². The van der Waals surface area contributed by atoms with Crippen LogP contribution in [-0.4, -0.2) is 18.3 Å². The van der Waals surface area contributed by atoms with E-state index in [2.05, 4.69) is 6.92 Å². The number of aliphatic hydroxyl groups is 1. The van der Waals surface area contributed by atoms with Crippen LogP contribution in [0.25, 0.3) is 0 Å². The molecule has 0 aliphatic rings. The van der Waals surface area contributed by atoms with E-state index in [1.165, 1.54) is 19.3 Å². The van der Waals surface area contributed by atoms with Crippen molar-refractivity contribution in [2.45, 2.75) is 39.0 Å². The zero-order valence-corrected chi connectivity index (χ0v) is 7.38. The minimum absolute atomic E-state index is 0.647. The molecule has 0 aromatic heterocycles. The first-order chi connectivity index (χ1) is 5.41. The van der Waals surface area contributed by atoms with Gasteiger partial charge >= 0.3 is 0 Å². The van der Waals surface area contributed by atoms with Crippen molar-refractivity contribution in [3.05, 3.63) is 6.61 Å². The Morgan fingerprint density at radius 2 is 2.00 bits per heavy atom. The first kappa shape index (κ1) is 10.9. The van der Waals surface area contributed by atoms with Gasteiger partial charge in [-0.15, -0.1) is 0 Å². The van der Waals surface area contributed by atoms with E-state index in [1.807, 2.05) is 0 Å². The van der Waals surface area contributed by atoms with Gasteiger partial charge in [-0.1, -0.05) is 26.2 Å². The van der Waals surface area contributed by atoms with Crippen LogP contribution in [0.2, 0.25) is 0 Å². The summed E-state index contributed by atoms with van der Waals surface area (Å²) < 4.78 is 5.23. The van der Waals surface area contributed by atoms with Crippen LogP contribution in [0.15, 0.2) is 0 Å². The van der Waals surface area contributed by atoms with Crippen molar-refractivity contribution >= 4 is 0 Å². The molecule has 2 heteroatoms. The summed E-state index contributed by atoms with van der Waals surface area (Å²) in [5.74, 6) is 0. The van der Waals surface area contributed by atoms with Gasteiger partial charge < -0.3 is 9.84 Å². The Morgan fingerprint density at radius 1 is 1.18 bits per heavy atom. The number of hydrogen-bond acceptors (Lipinski definition) is 2. The number of aliphatic hydroxyl groups excluding tert-OH is 1. The summed E-state index contributed by atoms with van der Waals surface area (Å²) in [6.45, 7) is 4.84. The van der Waals surface area contributed by atoms with Crippen LogP contribution in [0.1, 0.15) is 39.0 Å². The third-order valence-corrected chi connectivity index (χ3v) is 1.53. The second-order valence-corrected chi connectivity index (χ2v) is 2.64. The Bertz CT molecular complexity index is 56.6. The highest BCUT2D eigenvalue weighted by atomic mass is 16.5. The van der Waals surface area contributed by atoms with Crippen molar-refractivity contribution in [1.82, 2.24) is 0 Å². The number of rotatable bonds is 8. The topological polar surface area (TPSA) is 29.5 Å².